The summed E-state index contributed by atoms with van der Waals surface area (Å²) in [7, 11) is 0. The fourth-order valence-electron chi connectivity index (χ4n) is 3.71. The van der Waals surface area contributed by atoms with Gasteiger partial charge in [-0.25, -0.2) is 9.98 Å². The Morgan fingerprint density at radius 1 is 1.15 bits per heavy atom. The van der Waals surface area contributed by atoms with Crippen molar-refractivity contribution in [2.75, 3.05) is 0 Å². The van der Waals surface area contributed by atoms with Crippen LogP contribution < -0.4 is 5.73 Å². The molecule has 138 valence electrons. The van der Waals surface area contributed by atoms with Crippen LogP contribution in [0.4, 0.5) is 0 Å². The smallest absolute Gasteiger partial charge is 0.242 e. The highest BCUT2D eigenvalue weighted by atomic mass is 16.5. The number of nitrogens with zero attached hydrogens (tertiary/aromatic N) is 2. The third-order valence-corrected chi connectivity index (χ3v) is 5.06. The molecule has 1 aromatic carbocycles. The maximum Gasteiger partial charge on any atom is 0.242 e. The number of benzene rings is 1. The normalized spacial score (nSPS) is 24.8. The van der Waals surface area contributed by atoms with Gasteiger partial charge >= 0.3 is 0 Å². The second kappa shape index (κ2) is 7.90. The molecule has 0 aromatic heterocycles. The summed E-state index contributed by atoms with van der Waals surface area (Å²) in [4.78, 5) is 9.13. The monoisotopic (exact) mass is 351 g/mol. The molecule has 1 aromatic rings. The zero-order chi connectivity index (χ0) is 18.7. The molecule has 1 unspecified atom stereocenters. The molecule has 3 rings (SSSR count). The zero-order valence-corrected chi connectivity index (χ0v) is 16.1. The summed E-state index contributed by atoms with van der Waals surface area (Å²) in [6.07, 6.45) is 6.50. The van der Waals surface area contributed by atoms with Gasteiger partial charge in [0.2, 0.25) is 5.90 Å². The van der Waals surface area contributed by atoms with Crippen molar-refractivity contribution in [2.45, 2.75) is 64.9 Å². The predicted molar refractivity (Wildman–Crippen MR) is 108 cm³/mol. The lowest BCUT2D eigenvalue weighted by molar-refractivity contribution is 0.267. The highest BCUT2D eigenvalue weighted by Crippen LogP contribution is 2.33. The SMILES string of the molecule is C=C(C)N=C1OC(C)C(c2ccc(C3CCCCC3)cc2)=N/C1=C(/C)N. The van der Waals surface area contributed by atoms with Gasteiger partial charge in [0.15, 0.2) is 0 Å². The summed E-state index contributed by atoms with van der Waals surface area (Å²) < 4.78 is 6.01. The van der Waals surface area contributed by atoms with Gasteiger partial charge in [-0.1, -0.05) is 50.1 Å². The summed E-state index contributed by atoms with van der Waals surface area (Å²) in [6, 6.07) is 8.81. The van der Waals surface area contributed by atoms with Gasteiger partial charge in [-0.15, -0.1) is 0 Å². The molecule has 2 N–H and O–H groups in total. The first-order valence-electron chi connectivity index (χ1n) is 9.52. The Labute approximate surface area is 156 Å². The van der Waals surface area contributed by atoms with Crippen LogP contribution in [0.5, 0.6) is 0 Å². The molecule has 1 atom stereocenters. The van der Waals surface area contributed by atoms with E-state index < -0.39 is 0 Å². The molecule has 1 aliphatic heterocycles. The second-order valence-corrected chi connectivity index (χ2v) is 7.40. The number of nitrogens with two attached hydrogens (primary N) is 1. The van der Waals surface area contributed by atoms with E-state index in [4.69, 9.17) is 15.5 Å². The number of hydrogen-bond donors (Lipinski definition) is 1. The van der Waals surface area contributed by atoms with E-state index in [1.165, 1.54) is 37.7 Å². The maximum absolute atomic E-state index is 6.02. The third kappa shape index (κ3) is 4.06. The summed E-state index contributed by atoms with van der Waals surface area (Å²) >= 11 is 0. The Morgan fingerprint density at radius 2 is 1.81 bits per heavy atom. The van der Waals surface area contributed by atoms with Crippen LogP contribution >= 0.6 is 0 Å². The van der Waals surface area contributed by atoms with Crippen molar-refractivity contribution in [3.8, 4) is 0 Å². The molecule has 0 saturated heterocycles. The fourth-order valence-corrected chi connectivity index (χ4v) is 3.71. The second-order valence-electron chi connectivity index (χ2n) is 7.40. The van der Waals surface area contributed by atoms with Crippen molar-refractivity contribution >= 4 is 11.6 Å². The van der Waals surface area contributed by atoms with Crippen LogP contribution in [-0.4, -0.2) is 17.7 Å². The van der Waals surface area contributed by atoms with Crippen molar-refractivity contribution in [3.63, 3.8) is 0 Å². The molecule has 0 amide bonds. The summed E-state index contributed by atoms with van der Waals surface area (Å²) in [5.41, 5.74) is 11.3. The molecule has 1 fully saturated rings. The van der Waals surface area contributed by atoms with Gasteiger partial charge in [0.05, 0.1) is 5.71 Å². The van der Waals surface area contributed by atoms with Crippen LogP contribution in [0.3, 0.4) is 0 Å². The van der Waals surface area contributed by atoms with E-state index in [9.17, 15) is 0 Å². The lowest BCUT2D eigenvalue weighted by Crippen LogP contribution is -2.32. The number of aliphatic imine (C=N–C) groups is 2. The number of ether oxygens (including phenoxy) is 1. The molecule has 0 spiro atoms. The van der Waals surface area contributed by atoms with E-state index in [-0.39, 0.29) is 6.10 Å². The topological polar surface area (TPSA) is 60.0 Å². The Balaban J connectivity index is 1.90. The average Bonchev–Trinajstić information content (AvgIpc) is 2.62. The van der Waals surface area contributed by atoms with E-state index in [2.05, 4.69) is 35.8 Å². The first-order valence-corrected chi connectivity index (χ1v) is 9.52. The summed E-state index contributed by atoms with van der Waals surface area (Å²) in [5.74, 6) is 1.16. The molecule has 26 heavy (non-hydrogen) atoms. The molecule has 2 aliphatic rings. The lowest BCUT2D eigenvalue weighted by Gasteiger charge is -2.26. The van der Waals surface area contributed by atoms with E-state index in [1.54, 1.807) is 0 Å². The van der Waals surface area contributed by atoms with Crippen LogP contribution in [-0.2, 0) is 4.74 Å². The predicted octanol–water partition coefficient (Wildman–Crippen LogP) is 5.06. The van der Waals surface area contributed by atoms with Crippen LogP contribution in [0.25, 0.3) is 0 Å². The maximum atomic E-state index is 6.02. The Kier molecular flexibility index (Phi) is 5.60. The third-order valence-electron chi connectivity index (χ3n) is 5.06. The minimum absolute atomic E-state index is 0.184. The van der Waals surface area contributed by atoms with Crippen LogP contribution in [0.1, 0.15) is 69.9 Å². The molecular formula is C22H29N3O. The van der Waals surface area contributed by atoms with Gasteiger partial charge in [0.1, 0.15) is 11.8 Å². The van der Waals surface area contributed by atoms with Crippen molar-refractivity contribution in [1.82, 2.24) is 0 Å². The first kappa shape index (κ1) is 18.4. The number of rotatable bonds is 3. The van der Waals surface area contributed by atoms with Gasteiger partial charge in [-0.05, 0) is 50.7 Å². The molecule has 1 heterocycles. The number of allylic oxidation sites excluding steroid dienone is 2. The minimum Gasteiger partial charge on any atom is -0.467 e. The van der Waals surface area contributed by atoms with E-state index >= 15 is 0 Å². The molecular weight excluding hydrogens is 322 g/mol. The minimum atomic E-state index is -0.184. The van der Waals surface area contributed by atoms with E-state index in [0.29, 0.717) is 28.9 Å². The van der Waals surface area contributed by atoms with E-state index in [1.807, 2.05) is 20.8 Å². The largest absolute Gasteiger partial charge is 0.467 e. The van der Waals surface area contributed by atoms with Crippen LogP contribution in [0.15, 0.2) is 57.9 Å². The standard InChI is InChI=1S/C22H29N3O/c1-14(2)24-22-20(15(3)23)25-21(16(4)26-22)19-12-10-18(11-13-19)17-8-6-5-7-9-17/h10-13,16-17H,1,5-9,23H2,2-4H3/b20-15-,24-22?. The molecule has 1 saturated carbocycles. The lowest BCUT2D eigenvalue weighted by atomic mass is 9.83. The Morgan fingerprint density at radius 3 is 2.38 bits per heavy atom. The molecule has 0 bridgehead atoms. The van der Waals surface area contributed by atoms with Crippen LogP contribution in [0.2, 0.25) is 0 Å². The van der Waals surface area contributed by atoms with Gasteiger partial charge < -0.3 is 10.5 Å². The molecule has 0 radical (unpaired) electrons. The van der Waals surface area contributed by atoms with Crippen molar-refractivity contribution < 1.29 is 4.74 Å². The number of hydrogen-bond acceptors (Lipinski definition) is 4. The molecule has 4 nitrogen and oxygen atoms in total. The van der Waals surface area contributed by atoms with Gasteiger partial charge in [-0.3, -0.25) is 0 Å². The average molecular weight is 351 g/mol. The van der Waals surface area contributed by atoms with Crippen molar-refractivity contribution in [1.29, 1.82) is 0 Å². The van der Waals surface area contributed by atoms with E-state index in [0.717, 1.165) is 11.3 Å². The quantitative estimate of drug-likeness (QED) is 0.827. The highest BCUT2D eigenvalue weighted by molar-refractivity contribution is 6.11. The first-order chi connectivity index (χ1) is 12.5. The highest BCUT2D eigenvalue weighted by Gasteiger charge is 2.26. The fraction of sp³-hybridized carbons (Fsp3) is 0.455. The van der Waals surface area contributed by atoms with Crippen molar-refractivity contribution in [3.05, 3.63) is 59.1 Å². The molecule has 1 aliphatic carbocycles. The summed E-state index contributed by atoms with van der Waals surface area (Å²) in [5, 5.41) is 0. The van der Waals surface area contributed by atoms with Gasteiger partial charge in [-0.2, -0.15) is 0 Å². The Bertz CT molecular complexity index is 761. The summed E-state index contributed by atoms with van der Waals surface area (Å²) in [6.45, 7) is 9.45. The Hall–Kier alpha value is -2.36. The zero-order valence-electron chi connectivity index (χ0n) is 16.1. The molecule has 4 heteroatoms. The van der Waals surface area contributed by atoms with Crippen LogP contribution in [0, 0.1) is 0 Å². The van der Waals surface area contributed by atoms with Gasteiger partial charge in [0.25, 0.3) is 0 Å². The van der Waals surface area contributed by atoms with Crippen molar-refractivity contribution in [2.24, 2.45) is 15.7 Å². The van der Waals surface area contributed by atoms with Gasteiger partial charge in [0, 0.05) is 11.4 Å².